The lowest BCUT2D eigenvalue weighted by molar-refractivity contribution is -0.274. The number of rotatable bonds is 10. The second kappa shape index (κ2) is 13.9. The summed E-state index contributed by atoms with van der Waals surface area (Å²) in [6.07, 6.45) is -3.98. The van der Waals surface area contributed by atoms with Crippen LogP contribution in [-0.2, 0) is 27.3 Å². The summed E-state index contributed by atoms with van der Waals surface area (Å²) in [5.41, 5.74) is 0.580. The average molecular weight is 672 g/mol. The molecule has 1 aliphatic rings. The Morgan fingerprint density at radius 1 is 1.00 bits per heavy atom. The summed E-state index contributed by atoms with van der Waals surface area (Å²) in [5, 5.41) is 5.23. The zero-order valence-electron chi connectivity index (χ0n) is 24.6. The zero-order valence-corrected chi connectivity index (χ0v) is 25.4. The van der Waals surface area contributed by atoms with E-state index in [-0.39, 0.29) is 31.1 Å². The van der Waals surface area contributed by atoms with Crippen molar-refractivity contribution < 1.29 is 49.4 Å². The molecular formula is C29H30F5N5O6S. The smallest absolute Gasteiger partial charge is 0.481 e. The van der Waals surface area contributed by atoms with E-state index < -0.39 is 63.9 Å². The van der Waals surface area contributed by atoms with Crippen LogP contribution < -0.4 is 20.1 Å². The monoisotopic (exact) mass is 671 g/mol. The lowest BCUT2D eigenvalue weighted by atomic mass is 10.0. The first kappa shape index (κ1) is 34.4. The largest absolute Gasteiger partial charge is 0.573 e. The molecule has 1 atom stereocenters. The number of nitrogens with zero attached hydrogens (tertiary/aromatic N) is 3. The second-order valence-corrected chi connectivity index (χ2v) is 12.0. The van der Waals surface area contributed by atoms with E-state index in [9.17, 15) is 40.0 Å². The van der Waals surface area contributed by atoms with E-state index in [1.54, 1.807) is 0 Å². The molecule has 3 aromatic rings. The van der Waals surface area contributed by atoms with Crippen LogP contribution in [0.4, 0.5) is 32.4 Å². The van der Waals surface area contributed by atoms with Gasteiger partial charge in [-0.1, -0.05) is 31.2 Å². The molecule has 0 spiro atoms. The summed E-state index contributed by atoms with van der Waals surface area (Å²) < 4.78 is 103. The Labute approximate surface area is 261 Å². The first-order valence-corrected chi connectivity index (χ1v) is 15.3. The topological polar surface area (TPSA) is 130 Å². The van der Waals surface area contributed by atoms with Gasteiger partial charge in [0.05, 0.1) is 12.0 Å². The Bertz CT molecular complexity index is 1640. The molecule has 0 bridgehead atoms. The van der Waals surface area contributed by atoms with Gasteiger partial charge in [0.2, 0.25) is 21.8 Å². The Kier molecular flexibility index (Phi) is 10.4. The molecule has 0 aliphatic carbocycles. The van der Waals surface area contributed by atoms with Crippen molar-refractivity contribution in [3.63, 3.8) is 0 Å². The number of hydrogen-bond acceptors (Lipinski definition) is 7. The van der Waals surface area contributed by atoms with Gasteiger partial charge in [0.1, 0.15) is 11.8 Å². The number of methoxy groups -OCH3 is 1. The van der Waals surface area contributed by atoms with E-state index in [0.717, 1.165) is 28.6 Å². The van der Waals surface area contributed by atoms with Crippen LogP contribution in [0.5, 0.6) is 11.6 Å². The molecule has 0 radical (unpaired) electrons. The summed E-state index contributed by atoms with van der Waals surface area (Å²) in [6, 6.07) is 9.59. The number of alkyl halides is 5. The van der Waals surface area contributed by atoms with Crippen molar-refractivity contribution in [2.24, 2.45) is 0 Å². The number of nitrogens with one attached hydrogen (secondary N) is 2. The van der Waals surface area contributed by atoms with Gasteiger partial charge >= 0.3 is 12.4 Å². The highest BCUT2D eigenvalue weighted by Crippen LogP contribution is 2.31. The molecule has 1 saturated heterocycles. The molecular weight excluding hydrogens is 641 g/mol. The number of aromatic nitrogens is 1. The van der Waals surface area contributed by atoms with Crippen LogP contribution in [-0.4, -0.2) is 73.7 Å². The molecule has 248 valence electrons. The molecule has 0 unspecified atom stereocenters. The maximum atomic E-state index is 14.0. The Hall–Kier alpha value is -4.51. The van der Waals surface area contributed by atoms with Crippen molar-refractivity contribution in [1.29, 1.82) is 0 Å². The van der Waals surface area contributed by atoms with E-state index >= 15 is 0 Å². The number of carbonyl (C=O) groups excluding carboxylic acids is 2. The third-order valence-electron chi connectivity index (χ3n) is 7.07. The number of carbonyl (C=O) groups is 2. The van der Waals surface area contributed by atoms with Gasteiger partial charge in [-0.25, -0.2) is 27.0 Å². The molecule has 4 rings (SSSR count). The highest BCUT2D eigenvalue weighted by atomic mass is 32.2. The van der Waals surface area contributed by atoms with E-state index in [1.165, 1.54) is 61.5 Å². The number of hydrogen-bond donors (Lipinski definition) is 2. The van der Waals surface area contributed by atoms with Gasteiger partial charge < -0.3 is 25.0 Å². The third kappa shape index (κ3) is 8.39. The SMILES string of the molecule is CCC(F)(F)c1ccc(CNC(=O)[C@H]2CN(C(=O)Nc3ccnc(OC)c3)CCN2S(=O)(=O)c2ccc(OC(F)(F)F)cc2)cc1. The quantitative estimate of drug-likeness (QED) is 0.299. The van der Waals surface area contributed by atoms with Gasteiger partial charge in [0.25, 0.3) is 5.92 Å². The molecule has 2 aromatic carbocycles. The van der Waals surface area contributed by atoms with Gasteiger partial charge in [0, 0.05) is 56.1 Å². The number of sulfonamides is 1. The fraction of sp³-hybridized carbons (Fsp3) is 0.345. The molecule has 2 heterocycles. The van der Waals surface area contributed by atoms with E-state index in [2.05, 4.69) is 20.4 Å². The molecule has 11 nitrogen and oxygen atoms in total. The van der Waals surface area contributed by atoms with Crippen molar-refractivity contribution in [2.75, 3.05) is 32.1 Å². The summed E-state index contributed by atoms with van der Waals surface area (Å²) in [7, 11) is -3.08. The van der Waals surface area contributed by atoms with Crippen LogP contribution >= 0.6 is 0 Å². The molecule has 0 saturated carbocycles. The van der Waals surface area contributed by atoms with Gasteiger partial charge in [-0.2, -0.15) is 4.31 Å². The lowest BCUT2D eigenvalue weighted by Crippen LogP contribution is -2.61. The molecule has 3 amide bonds. The van der Waals surface area contributed by atoms with Crippen molar-refractivity contribution in [3.05, 3.63) is 78.0 Å². The number of amides is 3. The molecule has 46 heavy (non-hydrogen) atoms. The predicted octanol–water partition coefficient (Wildman–Crippen LogP) is 4.71. The number of piperazine rings is 1. The highest BCUT2D eigenvalue weighted by molar-refractivity contribution is 7.89. The van der Waals surface area contributed by atoms with E-state index in [4.69, 9.17) is 4.74 Å². The predicted molar refractivity (Wildman–Crippen MR) is 155 cm³/mol. The maximum absolute atomic E-state index is 14.0. The Morgan fingerprint density at radius 2 is 1.67 bits per heavy atom. The van der Waals surface area contributed by atoms with Crippen molar-refractivity contribution in [2.45, 2.75) is 43.1 Å². The number of halogens is 5. The minimum Gasteiger partial charge on any atom is -0.481 e. The number of urea groups is 1. The standard InChI is InChI=1S/C29H30F5N5O6S/c1-3-28(30,31)20-6-4-19(5-7-20)17-36-26(40)24-18-38(27(41)37-21-12-13-35-25(16-21)44-2)14-15-39(24)46(42,43)23-10-8-22(9-11-23)45-29(32,33)34/h4-13,16,24H,3,14-15,17-18H2,1-2H3,(H,36,40)(H,35,37,41)/t24-/m1/s1. The second-order valence-electron chi connectivity index (χ2n) is 10.1. The van der Waals surface area contributed by atoms with E-state index in [1.807, 2.05) is 0 Å². The maximum Gasteiger partial charge on any atom is 0.573 e. The highest BCUT2D eigenvalue weighted by Gasteiger charge is 2.41. The van der Waals surface area contributed by atoms with Gasteiger partial charge in [-0.05, 0) is 35.9 Å². The number of anilines is 1. The minimum absolute atomic E-state index is 0.139. The van der Waals surface area contributed by atoms with Gasteiger partial charge in [-0.15, -0.1) is 13.2 Å². The first-order valence-electron chi connectivity index (χ1n) is 13.8. The minimum atomic E-state index is -4.99. The van der Waals surface area contributed by atoms with Gasteiger partial charge in [-0.3, -0.25) is 4.79 Å². The molecule has 17 heteroatoms. The Morgan fingerprint density at radius 3 is 2.28 bits per heavy atom. The van der Waals surface area contributed by atoms with Crippen LogP contribution in [0, 0.1) is 0 Å². The molecule has 2 N–H and O–H groups in total. The number of benzene rings is 2. The lowest BCUT2D eigenvalue weighted by Gasteiger charge is -2.39. The van der Waals surface area contributed by atoms with Crippen molar-refractivity contribution in [1.82, 2.24) is 19.5 Å². The third-order valence-corrected chi connectivity index (χ3v) is 8.99. The average Bonchev–Trinajstić information content (AvgIpc) is 3.03. The van der Waals surface area contributed by atoms with Crippen LogP contribution in [0.2, 0.25) is 0 Å². The fourth-order valence-electron chi connectivity index (χ4n) is 4.58. The fourth-order valence-corrected chi connectivity index (χ4v) is 6.15. The van der Waals surface area contributed by atoms with Crippen LogP contribution in [0.15, 0.2) is 71.8 Å². The number of pyridine rings is 1. The summed E-state index contributed by atoms with van der Waals surface area (Å²) in [4.78, 5) is 31.4. The van der Waals surface area contributed by atoms with Gasteiger partial charge in [0.15, 0.2) is 0 Å². The summed E-state index contributed by atoms with van der Waals surface area (Å²) in [6.45, 7) is 0.332. The summed E-state index contributed by atoms with van der Waals surface area (Å²) in [5.74, 6) is -4.24. The molecule has 1 aromatic heterocycles. The first-order chi connectivity index (χ1) is 21.6. The summed E-state index contributed by atoms with van der Waals surface area (Å²) >= 11 is 0. The van der Waals surface area contributed by atoms with Crippen molar-refractivity contribution >= 4 is 27.6 Å². The molecule has 1 aliphatic heterocycles. The van der Waals surface area contributed by atoms with Crippen LogP contribution in [0.1, 0.15) is 24.5 Å². The van der Waals surface area contributed by atoms with Crippen LogP contribution in [0.25, 0.3) is 0 Å². The number of ether oxygens (including phenoxy) is 2. The normalized spacial score (nSPS) is 16.1. The van der Waals surface area contributed by atoms with Crippen molar-refractivity contribution in [3.8, 4) is 11.6 Å². The van der Waals surface area contributed by atoms with Crippen LogP contribution in [0.3, 0.4) is 0 Å². The van der Waals surface area contributed by atoms with E-state index in [0.29, 0.717) is 11.3 Å². The molecule has 1 fully saturated rings. The zero-order chi connectivity index (χ0) is 33.7. The Balaban J connectivity index is 1.55.